The summed E-state index contributed by atoms with van der Waals surface area (Å²) >= 11 is 3.46. The smallest absolute Gasteiger partial charge is 0.131 e. The molecule has 0 atom stereocenters. The normalized spacial score (nSPS) is 10.8. The molecule has 0 aliphatic rings. The Balaban J connectivity index is 2.50. The first-order valence-electron chi connectivity index (χ1n) is 5.72. The van der Waals surface area contributed by atoms with Crippen LogP contribution in [-0.4, -0.2) is 9.55 Å². The molecule has 0 unspecified atom stereocenters. The summed E-state index contributed by atoms with van der Waals surface area (Å²) in [6.45, 7) is 5.05. The van der Waals surface area contributed by atoms with Gasteiger partial charge in [0.2, 0.25) is 0 Å². The lowest BCUT2D eigenvalue weighted by Gasteiger charge is -2.05. The van der Waals surface area contributed by atoms with E-state index in [1.165, 1.54) is 0 Å². The van der Waals surface area contributed by atoms with Crippen LogP contribution in [-0.2, 0) is 6.54 Å². The Morgan fingerprint density at radius 3 is 2.82 bits per heavy atom. The Morgan fingerprint density at radius 1 is 1.41 bits per heavy atom. The van der Waals surface area contributed by atoms with Crippen LogP contribution in [0.4, 0.5) is 5.82 Å². The average molecular weight is 294 g/mol. The molecule has 1 aromatic heterocycles. The largest absolute Gasteiger partial charge is 0.383 e. The highest BCUT2D eigenvalue weighted by atomic mass is 79.9. The van der Waals surface area contributed by atoms with Crippen LogP contribution in [0.25, 0.3) is 11.3 Å². The second-order valence-corrected chi connectivity index (χ2v) is 4.97. The molecular formula is C13H16BrN3. The topological polar surface area (TPSA) is 43.8 Å². The van der Waals surface area contributed by atoms with Gasteiger partial charge in [-0.1, -0.05) is 35.0 Å². The number of nitrogen functional groups attached to an aromatic ring is 1. The van der Waals surface area contributed by atoms with Crippen LogP contribution in [0.2, 0.25) is 0 Å². The van der Waals surface area contributed by atoms with Crippen LogP contribution in [0.1, 0.15) is 19.2 Å². The maximum Gasteiger partial charge on any atom is 0.131 e. The fraction of sp³-hybridized carbons (Fsp3) is 0.308. The highest BCUT2D eigenvalue weighted by Crippen LogP contribution is 2.28. The van der Waals surface area contributed by atoms with E-state index in [-0.39, 0.29) is 0 Å². The van der Waals surface area contributed by atoms with Gasteiger partial charge in [-0.05, 0) is 25.5 Å². The summed E-state index contributed by atoms with van der Waals surface area (Å²) in [4.78, 5) is 4.56. The zero-order chi connectivity index (χ0) is 12.4. The number of anilines is 1. The van der Waals surface area contributed by atoms with E-state index >= 15 is 0 Å². The zero-order valence-corrected chi connectivity index (χ0v) is 11.7. The van der Waals surface area contributed by atoms with Gasteiger partial charge in [-0.25, -0.2) is 4.98 Å². The monoisotopic (exact) mass is 293 g/mol. The highest BCUT2D eigenvalue weighted by Gasteiger charge is 2.12. The number of nitrogens with two attached hydrogens (primary N) is 1. The maximum atomic E-state index is 6.16. The average Bonchev–Trinajstić information content (AvgIpc) is 2.57. The Morgan fingerprint density at radius 2 is 2.18 bits per heavy atom. The van der Waals surface area contributed by atoms with Crippen molar-refractivity contribution in [2.75, 3.05) is 5.73 Å². The summed E-state index contributed by atoms with van der Waals surface area (Å²) in [5.74, 6) is 1.72. The lowest BCUT2D eigenvalue weighted by molar-refractivity contribution is 0.665. The second kappa shape index (κ2) is 4.92. The zero-order valence-electron chi connectivity index (χ0n) is 10.1. The molecule has 0 saturated heterocycles. The molecule has 0 bridgehead atoms. The number of imidazole rings is 1. The van der Waals surface area contributed by atoms with E-state index in [2.05, 4.69) is 32.4 Å². The molecule has 0 spiro atoms. The minimum absolute atomic E-state index is 0.752. The second-order valence-electron chi connectivity index (χ2n) is 4.05. The van der Waals surface area contributed by atoms with E-state index in [4.69, 9.17) is 5.73 Å². The molecule has 3 nitrogen and oxygen atoms in total. The number of nitrogens with zero attached hydrogens (tertiary/aromatic N) is 2. The van der Waals surface area contributed by atoms with Gasteiger partial charge in [-0.3, -0.25) is 0 Å². The van der Waals surface area contributed by atoms with E-state index in [0.29, 0.717) is 0 Å². The Labute approximate surface area is 110 Å². The van der Waals surface area contributed by atoms with Gasteiger partial charge < -0.3 is 10.3 Å². The third kappa shape index (κ3) is 2.36. The molecule has 0 aliphatic carbocycles. The summed E-state index contributed by atoms with van der Waals surface area (Å²) in [5, 5.41) is 0. The number of rotatable bonds is 3. The molecule has 0 saturated carbocycles. The molecule has 4 heteroatoms. The molecule has 90 valence electrons. The molecule has 2 aromatic rings. The van der Waals surface area contributed by atoms with Crippen molar-refractivity contribution in [3.63, 3.8) is 0 Å². The fourth-order valence-corrected chi connectivity index (χ4v) is 2.33. The summed E-state index contributed by atoms with van der Waals surface area (Å²) in [5.41, 5.74) is 8.08. The van der Waals surface area contributed by atoms with Crippen LogP contribution in [0, 0.1) is 6.92 Å². The number of benzene rings is 1. The molecule has 2 rings (SSSR count). The van der Waals surface area contributed by atoms with Crippen LogP contribution >= 0.6 is 15.9 Å². The molecule has 17 heavy (non-hydrogen) atoms. The predicted octanol–water partition coefficient (Wildman–Crippen LogP) is 3.61. The van der Waals surface area contributed by atoms with Crippen molar-refractivity contribution in [3.05, 3.63) is 34.6 Å². The minimum Gasteiger partial charge on any atom is -0.383 e. The van der Waals surface area contributed by atoms with E-state index < -0.39 is 0 Å². The van der Waals surface area contributed by atoms with Gasteiger partial charge in [0.05, 0.1) is 0 Å². The summed E-state index contributed by atoms with van der Waals surface area (Å²) in [7, 11) is 0. The first-order chi connectivity index (χ1) is 8.13. The lowest BCUT2D eigenvalue weighted by Crippen LogP contribution is -2.04. The van der Waals surface area contributed by atoms with Crippen molar-refractivity contribution >= 4 is 21.7 Å². The van der Waals surface area contributed by atoms with Crippen LogP contribution in [0.3, 0.4) is 0 Å². The summed E-state index contributed by atoms with van der Waals surface area (Å²) in [6.07, 6.45) is 1.05. The van der Waals surface area contributed by atoms with Gasteiger partial charge in [-0.2, -0.15) is 0 Å². The van der Waals surface area contributed by atoms with Crippen molar-refractivity contribution in [1.82, 2.24) is 9.55 Å². The SMILES string of the molecule is CCCn1c(C)nc(-c2cccc(Br)c2)c1N. The molecule has 0 radical (unpaired) electrons. The fourth-order valence-electron chi connectivity index (χ4n) is 1.94. The van der Waals surface area contributed by atoms with Crippen LogP contribution in [0.15, 0.2) is 28.7 Å². The molecule has 1 heterocycles. The first-order valence-corrected chi connectivity index (χ1v) is 6.51. The van der Waals surface area contributed by atoms with Crippen LogP contribution in [0.5, 0.6) is 0 Å². The highest BCUT2D eigenvalue weighted by molar-refractivity contribution is 9.10. The van der Waals surface area contributed by atoms with E-state index in [1.807, 2.05) is 31.2 Å². The van der Waals surface area contributed by atoms with Gasteiger partial charge in [0, 0.05) is 16.6 Å². The third-order valence-electron chi connectivity index (χ3n) is 2.74. The van der Waals surface area contributed by atoms with E-state index in [1.54, 1.807) is 0 Å². The van der Waals surface area contributed by atoms with Crippen molar-refractivity contribution in [2.24, 2.45) is 0 Å². The standard InChI is InChI=1S/C13H16BrN3/c1-3-7-17-9(2)16-12(13(17)15)10-5-4-6-11(14)8-10/h4-6,8H,3,7,15H2,1-2H3. The number of aryl methyl sites for hydroxylation is 1. The number of hydrogen-bond acceptors (Lipinski definition) is 2. The van der Waals surface area contributed by atoms with Gasteiger partial charge in [0.1, 0.15) is 17.3 Å². The Kier molecular flexibility index (Phi) is 3.52. The number of hydrogen-bond donors (Lipinski definition) is 1. The Hall–Kier alpha value is -1.29. The van der Waals surface area contributed by atoms with Crippen molar-refractivity contribution < 1.29 is 0 Å². The molecule has 0 amide bonds. The minimum atomic E-state index is 0.752. The molecular weight excluding hydrogens is 278 g/mol. The molecule has 2 N–H and O–H groups in total. The number of aromatic nitrogens is 2. The maximum absolute atomic E-state index is 6.16. The third-order valence-corrected chi connectivity index (χ3v) is 3.24. The predicted molar refractivity (Wildman–Crippen MR) is 74.8 cm³/mol. The molecule has 0 aliphatic heterocycles. The first kappa shape index (κ1) is 12.2. The van der Waals surface area contributed by atoms with Gasteiger partial charge in [-0.15, -0.1) is 0 Å². The van der Waals surface area contributed by atoms with E-state index in [9.17, 15) is 0 Å². The van der Waals surface area contributed by atoms with Gasteiger partial charge in [0.25, 0.3) is 0 Å². The lowest BCUT2D eigenvalue weighted by atomic mass is 10.1. The quantitative estimate of drug-likeness (QED) is 0.939. The van der Waals surface area contributed by atoms with Gasteiger partial charge >= 0.3 is 0 Å². The molecule has 0 fully saturated rings. The van der Waals surface area contributed by atoms with Crippen molar-refractivity contribution in [3.8, 4) is 11.3 Å². The van der Waals surface area contributed by atoms with Crippen molar-refractivity contribution in [1.29, 1.82) is 0 Å². The number of halogens is 1. The molecule has 1 aromatic carbocycles. The van der Waals surface area contributed by atoms with E-state index in [0.717, 1.165) is 40.3 Å². The summed E-state index contributed by atoms with van der Waals surface area (Å²) < 4.78 is 3.10. The van der Waals surface area contributed by atoms with Gasteiger partial charge in [0.15, 0.2) is 0 Å². The van der Waals surface area contributed by atoms with Crippen molar-refractivity contribution in [2.45, 2.75) is 26.8 Å². The van der Waals surface area contributed by atoms with Crippen LogP contribution < -0.4 is 5.73 Å². The Bertz CT molecular complexity index is 531. The summed E-state index contributed by atoms with van der Waals surface area (Å²) in [6, 6.07) is 8.05.